The molecule has 0 spiro atoms. The van der Waals surface area contributed by atoms with Crippen LogP contribution in [0.1, 0.15) is 44.9 Å². The number of carbonyl (C=O) groups is 1. The predicted molar refractivity (Wildman–Crippen MR) is 69.4 cm³/mol. The molecule has 118 valence electrons. The van der Waals surface area contributed by atoms with Gasteiger partial charge in [-0.2, -0.15) is 13.2 Å². The molecule has 1 aliphatic heterocycles. The number of rotatable bonds is 6. The van der Waals surface area contributed by atoms with Crippen LogP contribution in [-0.2, 0) is 0 Å². The zero-order valence-corrected chi connectivity index (χ0v) is 11.6. The SMILES string of the molecule is O=C(NCCCCC(F)(F)F)N1CCCCC1CCO. The van der Waals surface area contributed by atoms with Crippen molar-refractivity contribution in [3.63, 3.8) is 0 Å². The number of alkyl halides is 3. The van der Waals surface area contributed by atoms with E-state index in [4.69, 9.17) is 5.11 Å². The molecule has 0 aromatic heterocycles. The largest absolute Gasteiger partial charge is 0.396 e. The number of unbranched alkanes of at least 4 members (excludes halogenated alkanes) is 1. The van der Waals surface area contributed by atoms with E-state index in [9.17, 15) is 18.0 Å². The Morgan fingerprint density at radius 3 is 2.70 bits per heavy atom. The lowest BCUT2D eigenvalue weighted by Crippen LogP contribution is -2.49. The topological polar surface area (TPSA) is 52.6 Å². The third-order valence-corrected chi connectivity index (χ3v) is 3.51. The maximum Gasteiger partial charge on any atom is 0.389 e. The van der Waals surface area contributed by atoms with Crippen LogP contribution in [-0.4, -0.2) is 48.0 Å². The third-order valence-electron chi connectivity index (χ3n) is 3.51. The van der Waals surface area contributed by atoms with E-state index in [1.165, 1.54) is 0 Å². The highest BCUT2D eigenvalue weighted by Gasteiger charge is 2.27. The lowest BCUT2D eigenvalue weighted by Gasteiger charge is -2.35. The van der Waals surface area contributed by atoms with Crippen molar-refractivity contribution < 1.29 is 23.1 Å². The fourth-order valence-electron chi connectivity index (χ4n) is 2.46. The van der Waals surface area contributed by atoms with Crippen molar-refractivity contribution in [3.05, 3.63) is 0 Å². The van der Waals surface area contributed by atoms with Crippen molar-refractivity contribution in [2.24, 2.45) is 0 Å². The van der Waals surface area contributed by atoms with E-state index in [-0.39, 0.29) is 31.6 Å². The number of nitrogens with zero attached hydrogens (tertiary/aromatic N) is 1. The zero-order chi connectivity index (χ0) is 15.0. The van der Waals surface area contributed by atoms with E-state index < -0.39 is 12.6 Å². The smallest absolute Gasteiger partial charge is 0.389 e. The van der Waals surface area contributed by atoms with Gasteiger partial charge in [-0.1, -0.05) is 0 Å². The molecular weight excluding hydrogens is 273 g/mol. The maximum atomic E-state index is 12.0. The molecular formula is C13H23F3N2O2. The summed E-state index contributed by atoms with van der Waals surface area (Å²) < 4.78 is 35.8. The standard InChI is InChI=1S/C13H23F3N2O2/c14-13(15,16)7-2-3-8-17-12(20)18-9-4-1-5-11(18)6-10-19/h11,19H,1-10H2,(H,17,20). The minimum Gasteiger partial charge on any atom is -0.396 e. The van der Waals surface area contributed by atoms with E-state index in [0.717, 1.165) is 19.3 Å². The molecule has 1 saturated heterocycles. The van der Waals surface area contributed by atoms with Crippen molar-refractivity contribution in [1.82, 2.24) is 10.2 Å². The Morgan fingerprint density at radius 2 is 2.05 bits per heavy atom. The molecule has 20 heavy (non-hydrogen) atoms. The number of aliphatic hydroxyl groups excluding tert-OH is 1. The van der Waals surface area contributed by atoms with Crippen LogP contribution in [0.2, 0.25) is 0 Å². The van der Waals surface area contributed by atoms with Crippen molar-refractivity contribution in [1.29, 1.82) is 0 Å². The summed E-state index contributed by atoms with van der Waals surface area (Å²) in [6.07, 6.45) is -1.16. The summed E-state index contributed by atoms with van der Waals surface area (Å²) in [4.78, 5) is 13.7. The van der Waals surface area contributed by atoms with Crippen LogP contribution >= 0.6 is 0 Å². The minimum absolute atomic E-state index is 0.0316. The molecule has 1 fully saturated rings. The van der Waals surface area contributed by atoms with Crippen LogP contribution in [0.3, 0.4) is 0 Å². The molecule has 4 nitrogen and oxygen atoms in total. The molecule has 0 aromatic rings. The van der Waals surface area contributed by atoms with Gasteiger partial charge in [-0.3, -0.25) is 0 Å². The first-order valence-corrected chi connectivity index (χ1v) is 7.16. The second-order valence-corrected chi connectivity index (χ2v) is 5.16. The first-order valence-electron chi connectivity index (χ1n) is 7.16. The number of carbonyl (C=O) groups excluding carboxylic acids is 1. The number of halogens is 3. The van der Waals surface area contributed by atoms with Crippen LogP contribution in [0.5, 0.6) is 0 Å². The van der Waals surface area contributed by atoms with Gasteiger partial charge in [0.2, 0.25) is 0 Å². The van der Waals surface area contributed by atoms with Gasteiger partial charge >= 0.3 is 12.2 Å². The average molecular weight is 296 g/mol. The molecule has 0 aromatic carbocycles. The van der Waals surface area contributed by atoms with E-state index in [0.29, 0.717) is 19.4 Å². The van der Waals surface area contributed by atoms with Crippen LogP contribution in [0.15, 0.2) is 0 Å². The van der Waals surface area contributed by atoms with E-state index in [1.54, 1.807) is 4.90 Å². The van der Waals surface area contributed by atoms with Crippen LogP contribution < -0.4 is 5.32 Å². The minimum atomic E-state index is -4.12. The summed E-state index contributed by atoms with van der Waals surface area (Å²) in [5, 5.41) is 11.6. The lowest BCUT2D eigenvalue weighted by atomic mass is 10.0. The number of nitrogens with one attached hydrogen (secondary N) is 1. The van der Waals surface area contributed by atoms with Gasteiger partial charge in [0.1, 0.15) is 0 Å². The summed E-state index contributed by atoms with van der Waals surface area (Å²) in [7, 11) is 0. The quantitative estimate of drug-likeness (QED) is 0.740. The summed E-state index contributed by atoms with van der Waals surface area (Å²) in [6, 6.07) is -0.181. The molecule has 1 rings (SSSR count). The summed E-state index contributed by atoms with van der Waals surface area (Å²) >= 11 is 0. The second-order valence-electron chi connectivity index (χ2n) is 5.16. The van der Waals surface area contributed by atoms with Gasteiger partial charge in [0.15, 0.2) is 0 Å². The highest BCUT2D eigenvalue weighted by molar-refractivity contribution is 5.74. The van der Waals surface area contributed by atoms with Crippen molar-refractivity contribution in [3.8, 4) is 0 Å². The zero-order valence-electron chi connectivity index (χ0n) is 11.6. The fourth-order valence-corrected chi connectivity index (χ4v) is 2.46. The Kier molecular flexibility index (Phi) is 7.12. The van der Waals surface area contributed by atoms with Crippen LogP contribution in [0.25, 0.3) is 0 Å². The first kappa shape index (κ1) is 17.1. The normalized spacial score (nSPS) is 20.0. The average Bonchev–Trinajstić information content (AvgIpc) is 2.38. The molecule has 0 saturated carbocycles. The highest BCUT2D eigenvalue weighted by atomic mass is 19.4. The van der Waals surface area contributed by atoms with Crippen LogP contribution in [0.4, 0.5) is 18.0 Å². The number of hydrogen-bond donors (Lipinski definition) is 2. The molecule has 0 aliphatic carbocycles. The van der Waals surface area contributed by atoms with Gasteiger partial charge in [0.05, 0.1) is 0 Å². The highest BCUT2D eigenvalue weighted by Crippen LogP contribution is 2.22. The van der Waals surface area contributed by atoms with Gasteiger partial charge in [-0.05, 0) is 38.5 Å². The summed E-state index contributed by atoms with van der Waals surface area (Å²) in [5.74, 6) is 0. The van der Waals surface area contributed by atoms with Crippen molar-refractivity contribution >= 4 is 6.03 Å². The van der Waals surface area contributed by atoms with Gasteiger partial charge < -0.3 is 15.3 Å². The monoisotopic (exact) mass is 296 g/mol. The number of amides is 2. The number of piperidine rings is 1. The van der Waals surface area contributed by atoms with E-state index in [2.05, 4.69) is 5.32 Å². The molecule has 2 amide bonds. The van der Waals surface area contributed by atoms with E-state index in [1.807, 2.05) is 0 Å². The fraction of sp³-hybridized carbons (Fsp3) is 0.923. The molecule has 0 radical (unpaired) electrons. The molecule has 0 bridgehead atoms. The lowest BCUT2D eigenvalue weighted by molar-refractivity contribution is -0.135. The third kappa shape index (κ3) is 6.45. The Morgan fingerprint density at radius 1 is 1.30 bits per heavy atom. The first-order chi connectivity index (χ1) is 9.44. The Balaban J connectivity index is 2.23. The maximum absolute atomic E-state index is 12.0. The second kappa shape index (κ2) is 8.34. The summed E-state index contributed by atoms with van der Waals surface area (Å²) in [5.41, 5.74) is 0. The van der Waals surface area contributed by atoms with Gasteiger partial charge in [-0.15, -0.1) is 0 Å². The van der Waals surface area contributed by atoms with Crippen molar-refractivity contribution in [2.75, 3.05) is 19.7 Å². The number of urea groups is 1. The molecule has 1 aliphatic rings. The molecule has 2 N–H and O–H groups in total. The Labute approximate surface area is 117 Å². The Hall–Kier alpha value is -0.980. The molecule has 1 heterocycles. The van der Waals surface area contributed by atoms with Gasteiger partial charge in [0, 0.05) is 32.2 Å². The summed E-state index contributed by atoms with van der Waals surface area (Å²) in [6.45, 7) is 0.955. The predicted octanol–water partition coefficient (Wildman–Crippen LogP) is 2.67. The number of hydrogen-bond acceptors (Lipinski definition) is 2. The van der Waals surface area contributed by atoms with E-state index >= 15 is 0 Å². The molecule has 1 atom stereocenters. The molecule has 7 heteroatoms. The van der Waals surface area contributed by atoms with Crippen molar-refractivity contribution in [2.45, 2.75) is 57.2 Å². The van der Waals surface area contributed by atoms with Gasteiger partial charge in [0.25, 0.3) is 0 Å². The van der Waals surface area contributed by atoms with Crippen LogP contribution in [0, 0.1) is 0 Å². The van der Waals surface area contributed by atoms with Gasteiger partial charge in [-0.25, -0.2) is 4.79 Å². The number of likely N-dealkylation sites (tertiary alicyclic amines) is 1. The molecule has 1 unspecified atom stereocenters. The number of aliphatic hydroxyl groups is 1. The Bertz CT molecular complexity index is 296.